The zero-order chi connectivity index (χ0) is 30.2. The van der Waals surface area contributed by atoms with Crippen molar-refractivity contribution < 1.29 is 4.42 Å². The first-order valence-electron chi connectivity index (χ1n) is 15.2. The van der Waals surface area contributed by atoms with Gasteiger partial charge in [0.25, 0.3) is 0 Å². The number of para-hydroxylation sites is 3. The summed E-state index contributed by atoms with van der Waals surface area (Å²) in [7, 11) is 0. The molecule has 0 unspecified atom stereocenters. The summed E-state index contributed by atoms with van der Waals surface area (Å²) >= 11 is 0. The number of rotatable bonds is 3. The second-order valence-electron chi connectivity index (χ2n) is 11.5. The quantitative estimate of drug-likeness (QED) is 0.192. The van der Waals surface area contributed by atoms with E-state index in [1.54, 1.807) is 4.80 Å². The largest absolute Gasteiger partial charge is 0.456 e. The summed E-state index contributed by atoms with van der Waals surface area (Å²) in [6.07, 6.45) is 0. The number of nitrogens with zero attached hydrogens (tertiary/aromatic N) is 5. The Hall–Kier alpha value is -6.40. The molecule has 0 atom stereocenters. The van der Waals surface area contributed by atoms with Crippen LogP contribution in [0.4, 0.5) is 0 Å². The first kappa shape index (κ1) is 25.0. The molecule has 214 valence electrons. The smallest absolute Gasteiger partial charge is 0.160 e. The minimum absolute atomic E-state index is 0.675. The fraction of sp³-hybridized carbons (Fsp3) is 0. The fourth-order valence-electron chi connectivity index (χ4n) is 6.73. The van der Waals surface area contributed by atoms with Crippen LogP contribution in [0.3, 0.4) is 0 Å². The molecule has 10 aromatic rings. The average molecular weight is 590 g/mol. The van der Waals surface area contributed by atoms with Crippen LogP contribution >= 0.6 is 0 Å². The van der Waals surface area contributed by atoms with Crippen molar-refractivity contribution in [3.05, 3.63) is 140 Å². The summed E-state index contributed by atoms with van der Waals surface area (Å²) in [5, 5.41) is 17.3. The van der Waals surface area contributed by atoms with E-state index in [0.717, 1.165) is 87.9 Å². The average Bonchev–Trinajstić information content (AvgIpc) is 3.73. The van der Waals surface area contributed by atoms with E-state index in [1.165, 1.54) is 0 Å². The minimum Gasteiger partial charge on any atom is -0.456 e. The first-order valence-corrected chi connectivity index (χ1v) is 15.2. The highest BCUT2D eigenvalue weighted by Crippen LogP contribution is 2.39. The monoisotopic (exact) mass is 589 g/mol. The van der Waals surface area contributed by atoms with Gasteiger partial charge >= 0.3 is 0 Å². The van der Waals surface area contributed by atoms with E-state index in [9.17, 15) is 0 Å². The summed E-state index contributed by atoms with van der Waals surface area (Å²) in [5.74, 6) is 0.675. The molecule has 0 fully saturated rings. The third-order valence-corrected chi connectivity index (χ3v) is 8.86. The molecule has 7 aromatic carbocycles. The maximum Gasteiger partial charge on any atom is 0.160 e. The van der Waals surface area contributed by atoms with E-state index in [2.05, 4.69) is 60.7 Å². The van der Waals surface area contributed by atoms with Crippen LogP contribution in [0.25, 0.3) is 93.8 Å². The van der Waals surface area contributed by atoms with Gasteiger partial charge in [0, 0.05) is 32.7 Å². The molecule has 10 rings (SSSR count). The van der Waals surface area contributed by atoms with Gasteiger partial charge < -0.3 is 4.42 Å². The van der Waals surface area contributed by atoms with Crippen LogP contribution in [-0.2, 0) is 0 Å². The summed E-state index contributed by atoms with van der Waals surface area (Å²) in [6.45, 7) is 0. The Morgan fingerprint density at radius 3 is 2.22 bits per heavy atom. The molecule has 0 saturated carbocycles. The highest BCUT2D eigenvalue weighted by atomic mass is 16.3. The van der Waals surface area contributed by atoms with Crippen LogP contribution in [0, 0.1) is 0 Å². The van der Waals surface area contributed by atoms with Crippen LogP contribution < -0.4 is 0 Å². The molecule has 46 heavy (non-hydrogen) atoms. The van der Waals surface area contributed by atoms with Gasteiger partial charge in [0.1, 0.15) is 22.2 Å². The molecule has 0 bridgehead atoms. The van der Waals surface area contributed by atoms with Crippen molar-refractivity contribution in [2.45, 2.75) is 0 Å². The van der Waals surface area contributed by atoms with Crippen molar-refractivity contribution in [3.8, 4) is 28.3 Å². The number of hydrogen-bond donors (Lipinski definition) is 0. The van der Waals surface area contributed by atoms with E-state index in [0.29, 0.717) is 5.82 Å². The van der Waals surface area contributed by atoms with Crippen LogP contribution in [0.1, 0.15) is 0 Å². The molecule has 0 amide bonds. The molecule has 0 aliphatic carbocycles. The molecule has 3 heterocycles. The van der Waals surface area contributed by atoms with E-state index in [4.69, 9.17) is 24.6 Å². The second-order valence-corrected chi connectivity index (χ2v) is 11.5. The lowest BCUT2D eigenvalue weighted by molar-refractivity contribution is 0.669. The predicted octanol–water partition coefficient (Wildman–Crippen LogP) is 9.90. The van der Waals surface area contributed by atoms with E-state index < -0.39 is 0 Å². The standard InChI is InChI=1S/C40H23N5O/c1-2-9-27(10-3-1)45-43-33-22-20-24-17-18-25-23-26(19-21-28(25)36(24)39(33)44-45)40-41-32-14-6-4-11-29(32)38(42-40)31-13-8-16-35-37(31)30-12-5-7-15-34(30)46-35/h1-23H. The van der Waals surface area contributed by atoms with Gasteiger partial charge in [-0.15, -0.1) is 10.2 Å². The molecule has 0 spiro atoms. The summed E-state index contributed by atoms with van der Waals surface area (Å²) in [5.41, 5.74) is 8.12. The number of hydrogen-bond acceptors (Lipinski definition) is 5. The molecule has 0 radical (unpaired) electrons. The summed E-state index contributed by atoms with van der Waals surface area (Å²) < 4.78 is 6.23. The lowest BCUT2D eigenvalue weighted by Gasteiger charge is -2.11. The molecule has 6 nitrogen and oxygen atoms in total. The Bertz CT molecular complexity index is 2820. The van der Waals surface area contributed by atoms with Crippen molar-refractivity contribution in [2.24, 2.45) is 0 Å². The highest BCUT2D eigenvalue weighted by Gasteiger charge is 2.18. The number of benzene rings is 7. The van der Waals surface area contributed by atoms with Gasteiger partial charge in [0.15, 0.2) is 5.82 Å². The van der Waals surface area contributed by atoms with Crippen molar-refractivity contribution in [2.75, 3.05) is 0 Å². The first-order chi connectivity index (χ1) is 22.8. The zero-order valence-corrected chi connectivity index (χ0v) is 24.4. The van der Waals surface area contributed by atoms with Crippen molar-refractivity contribution >= 4 is 65.4 Å². The Kier molecular flexibility index (Phi) is 5.19. The molecule has 3 aromatic heterocycles. The fourth-order valence-corrected chi connectivity index (χ4v) is 6.73. The number of furan rings is 1. The Morgan fingerprint density at radius 1 is 0.500 bits per heavy atom. The summed E-state index contributed by atoms with van der Waals surface area (Å²) in [6, 6.07) is 47.5. The Balaban J connectivity index is 1.18. The van der Waals surface area contributed by atoms with Crippen LogP contribution in [0.5, 0.6) is 0 Å². The van der Waals surface area contributed by atoms with Crippen LogP contribution in [0.2, 0.25) is 0 Å². The SMILES string of the molecule is c1ccc(-n2nc3ccc4ccc5cc(-c6nc(-c7cccc8oc9ccccc9c78)c7ccccc7n6)ccc5c4c3n2)cc1. The molecule has 0 saturated heterocycles. The number of aromatic nitrogens is 5. The van der Waals surface area contributed by atoms with E-state index in [1.807, 2.05) is 78.9 Å². The molecular formula is C40H23N5O. The van der Waals surface area contributed by atoms with Gasteiger partial charge in [-0.2, -0.15) is 4.80 Å². The van der Waals surface area contributed by atoms with Crippen molar-refractivity contribution in [1.82, 2.24) is 25.0 Å². The maximum atomic E-state index is 6.23. The molecule has 0 aliphatic rings. The zero-order valence-electron chi connectivity index (χ0n) is 24.4. The second kappa shape index (κ2) is 9.55. The third kappa shape index (κ3) is 3.70. The highest BCUT2D eigenvalue weighted by molar-refractivity contribution is 6.19. The van der Waals surface area contributed by atoms with E-state index >= 15 is 0 Å². The van der Waals surface area contributed by atoms with Gasteiger partial charge in [-0.25, -0.2) is 9.97 Å². The van der Waals surface area contributed by atoms with Gasteiger partial charge in [0.2, 0.25) is 0 Å². The van der Waals surface area contributed by atoms with Gasteiger partial charge in [0.05, 0.1) is 16.9 Å². The molecular weight excluding hydrogens is 566 g/mol. The number of fused-ring (bicyclic) bond motifs is 9. The summed E-state index contributed by atoms with van der Waals surface area (Å²) in [4.78, 5) is 12.0. The molecule has 0 N–H and O–H groups in total. The van der Waals surface area contributed by atoms with Crippen LogP contribution in [0.15, 0.2) is 144 Å². The Morgan fingerprint density at radius 2 is 1.28 bits per heavy atom. The van der Waals surface area contributed by atoms with Gasteiger partial charge in [-0.3, -0.25) is 0 Å². The lowest BCUT2D eigenvalue weighted by atomic mass is 9.98. The predicted molar refractivity (Wildman–Crippen MR) is 185 cm³/mol. The van der Waals surface area contributed by atoms with Crippen molar-refractivity contribution in [1.29, 1.82) is 0 Å². The van der Waals surface area contributed by atoms with Gasteiger partial charge in [-0.05, 0) is 58.6 Å². The lowest BCUT2D eigenvalue weighted by Crippen LogP contribution is -1.97. The third-order valence-electron chi connectivity index (χ3n) is 8.86. The van der Waals surface area contributed by atoms with Crippen LogP contribution in [-0.4, -0.2) is 25.0 Å². The molecule has 6 heteroatoms. The topological polar surface area (TPSA) is 69.6 Å². The maximum absolute atomic E-state index is 6.23. The van der Waals surface area contributed by atoms with Gasteiger partial charge in [-0.1, -0.05) is 97.1 Å². The minimum atomic E-state index is 0.675. The normalized spacial score (nSPS) is 11.9. The van der Waals surface area contributed by atoms with E-state index in [-0.39, 0.29) is 0 Å². The molecule has 0 aliphatic heterocycles. The van der Waals surface area contributed by atoms with Crippen molar-refractivity contribution in [3.63, 3.8) is 0 Å². The Labute approximate surface area is 262 Å².